The Hall–Kier alpha value is -3.84. The summed E-state index contributed by atoms with van der Waals surface area (Å²) in [5, 5.41) is 18.8. The summed E-state index contributed by atoms with van der Waals surface area (Å²) in [5.41, 5.74) is -0.124. The minimum absolute atomic E-state index is 0.0418. The van der Waals surface area contributed by atoms with E-state index in [-0.39, 0.29) is 28.9 Å². The lowest BCUT2D eigenvalue weighted by Gasteiger charge is -2.15. The first-order valence-electron chi connectivity index (χ1n) is 10.8. The summed E-state index contributed by atoms with van der Waals surface area (Å²) >= 11 is 6.05. The summed E-state index contributed by atoms with van der Waals surface area (Å²) in [6.45, 7) is 0. The molecule has 4 rings (SSSR count). The number of nitrogens with one attached hydrogen (secondary N) is 2. The highest BCUT2D eigenvalue weighted by Gasteiger charge is 2.36. The predicted molar refractivity (Wildman–Crippen MR) is 126 cm³/mol. The van der Waals surface area contributed by atoms with Gasteiger partial charge in [0.2, 0.25) is 5.96 Å². The Morgan fingerprint density at radius 1 is 1.14 bits per heavy atom. The Labute approximate surface area is 204 Å². The van der Waals surface area contributed by atoms with E-state index in [0.717, 1.165) is 18.9 Å². The van der Waals surface area contributed by atoms with Crippen molar-refractivity contribution in [1.82, 2.24) is 15.1 Å². The van der Waals surface area contributed by atoms with Gasteiger partial charge in [-0.1, -0.05) is 36.6 Å². The van der Waals surface area contributed by atoms with Crippen LogP contribution in [-0.4, -0.2) is 21.6 Å². The number of halogens is 4. The molecule has 1 heterocycles. The molecule has 0 unspecified atom stereocenters. The number of hydrogen-bond acceptors (Lipinski definition) is 4. The van der Waals surface area contributed by atoms with E-state index in [2.05, 4.69) is 20.7 Å². The first-order valence-corrected chi connectivity index (χ1v) is 11.2. The third-order valence-electron chi connectivity index (χ3n) is 5.48. The SMILES string of the molecule is N#Cc1cccc(C(=O)NC(=Nc2cc(C(F)(F)F)nn2C2CCCC2)Nc2cccc(Cl)c2)c1. The number of aromatic nitrogens is 2. The standard InChI is InChI=1S/C24H20ClF3N6O/c25-17-7-4-8-18(12-17)30-23(32-22(35)16-6-3-5-15(11-16)14-29)31-21-13-20(24(26,27)28)33-34(21)19-9-1-2-10-19/h3-8,11-13,19H,1-2,9-10H2,(H2,30,31,32,35). The van der Waals surface area contributed by atoms with Gasteiger partial charge in [-0.25, -0.2) is 4.68 Å². The molecule has 35 heavy (non-hydrogen) atoms. The third kappa shape index (κ3) is 6.00. The molecule has 0 bridgehead atoms. The summed E-state index contributed by atoms with van der Waals surface area (Å²) < 4.78 is 41.6. The fourth-order valence-electron chi connectivity index (χ4n) is 3.84. The van der Waals surface area contributed by atoms with Gasteiger partial charge in [0, 0.05) is 22.3 Å². The van der Waals surface area contributed by atoms with E-state index in [1.807, 2.05) is 6.07 Å². The van der Waals surface area contributed by atoms with E-state index in [0.29, 0.717) is 23.6 Å². The molecular formula is C24H20ClF3N6O. The van der Waals surface area contributed by atoms with Gasteiger partial charge in [-0.15, -0.1) is 0 Å². The largest absolute Gasteiger partial charge is 0.435 e. The molecule has 1 fully saturated rings. The van der Waals surface area contributed by atoms with Crippen LogP contribution in [0.1, 0.15) is 53.3 Å². The molecule has 180 valence electrons. The van der Waals surface area contributed by atoms with Crippen LogP contribution in [0.4, 0.5) is 24.7 Å². The smallest absolute Gasteiger partial charge is 0.326 e. The number of guanidine groups is 1. The molecule has 0 saturated heterocycles. The fourth-order valence-corrected chi connectivity index (χ4v) is 4.03. The summed E-state index contributed by atoms with van der Waals surface area (Å²) in [5.74, 6) is -0.759. The number of carbonyl (C=O) groups excluding carboxylic acids is 1. The Morgan fingerprint density at radius 2 is 1.89 bits per heavy atom. The molecule has 1 amide bonds. The molecule has 0 atom stereocenters. The molecule has 2 aromatic carbocycles. The van der Waals surface area contributed by atoms with Gasteiger partial charge in [-0.05, 0) is 49.2 Å². The van der Waals surface area contributed by atoms with Crippen molar-refractivity contribution < 1.29 is 18.0 Å². The van der Waals surface area contributed by atoms with Gasteiger partial charge in [-0.3, -0.25) is 10.1 Å². The highest BCUT2D eigenvalue weighted by molar-refractivity contribution is 6.31. The minimum atomic E-state index is -4.64. The van der Waals surface area contributed by atoms with E-state index in [9.17, 15) is 18.0 Å². The predicted octanol–water partition coefficient (Wildman–Crippen LogP) is 6.07. The Kier molecular flexibility index (Phi) is 7.07. The van der Waals surface area contributed by atoms with Crippen LogP contribution in [0.5, 0.6) is 0 Å². The van der Waals surface area contributed by atoms with Crippen LogP contribution >= 0.6 is 11.6 Å². The maximum Gasteiger partial charge on any atom is 0.435 e. The van der Waals surface area contributed by atoms with E-state index in [1.165, 1.54) is 16.8 Å². The van der Waals surface area contributed by atoms with Gasteiger partial charge in [0.1, 0.15) is 0 Å². The summed E-state index contributed by atoms with van der Waals surface area (Å²) in [7, 11) is 0. The lowest BCUT2D eigenvalue weighted by molar-refractivity contribution is -0.141. The summed E-state index contributed by atoms with van der Waals surface area (Å²) in [4.78, 5) is 17.2. The van der Waals surface area contributed by atoms with Crippen molar-refractivity contribution in [2.45, 2.75) is 37.9 Å². The molecule has 1 saturated carbocycles. The molecule has 3 aromatic rings. The van der Waals surface area contributed by atoms with Crippen molar-refractivity contribution in [2.75, 3.05) is 5.32 Å². The average Bonchev–Trinajstić information content (AvgIpc) is 3.49. The zero-order chi connectivity index (χ0) is 25.0. The molecule has 2 N–H and O–H groups in total. The number of nitriles is 1. The van der Waals surface area contributed by atoms with Gasteiger partial charge in [-0.2, -0.15) is 28.5 Å². The second-order valence-corrected chi connectivity index (χ2v) is 8.45. The van der Waals surface area contributed by atoms with Crippen LogP contribution in [-0.2, 0) is 6.18 Å². The number of anilines is 1. The van der Waals surface area contributed by atoms with Gasteiger partial charge in [0.05, 0.1) is 17.7 Å². The van der Waals surface area contributed by atoms with Gasteiger partial charge < -0.3 is 5.32 Å². The quantitative estimate of drug-likeness (QED) is 0.335. The molecule has 1 aromatic heterocycles. The van der Waals surface area contributed by atoms with E-state index in [1.54, 1.807) is 36.4 Å². The zero-order valence-corrected chi connectivity index (χ0v) is 19.1. The van der Waals surface area contributed by atoms with Gasteiger partial charge in [0.25, 0.3) is 5.91 Å². The minimum Gasteiger partial charge on any atom is -0.326 e. The summed E-state index contributed by atoms with van der Waals surface area (Å²) in [6.07, 6.45) is -1.50. The monoisotopic (exact) mass is 500 g/mol. The molecule has 0 radical (unpaired) electrons. The van der Waals surface area contributed by atoms with Crippen LogP contribution in [0.3, 0.4) is 0 Å². The van der Waals surface area contributed by atoms with Gasteiger partial charge in [0.15, 0.2) is 11.5 Å². The molecule has 7 nitrogen and oxygen atoms in total. The lowest BCUT2D eigenvalue weighted by Crippen LogP contribution is -2.36. The number of aliphatic imine (C=N–C) groups is 1. The van der Waals surface area contributed by atoms with Crippen molar-refractivity contribution in [2.24, 2.45) is 4.99 Å². The van der Waals surface area contributed by atoms with Crippen LogP contribution in [0.15, 0.2) is 59.6 Å². The number of alkyl halides is 3. The number of nitrogens with zero attached hydrogens (tertiary/aromatic N) is 4. The fraction of sp³-hybridized carbons (Fsp3) is 0.250. The van der Waals surface area contributed by atoms with Crippen molar-refractivity contribution in [3.63, 3.8) is 0 Å². The first-order chi connectivity index (χ1) is 16.7. The third-order valence-corrected chi connectivity index (χ3v) is 5.71. The Balaban J connectivity index is 1.74. The molecule has 1 aliphatic rings. The normalized spacial score (nSPS) is 14.5. The highest BCUT2D eigenvalue weighted by atomic mass is 35.5. The number of hydrogen-bond donors (Lipinski definition) is 2. The second-order valence-electron chi connectivity index (χ2n) is 8.01. The van der Waals surface area contributed by atoms with Crippen LogP contribution in [0.2, 0.25) is 5.02 Å². The molecule has 11 heteroatoms. The first kappa shape index (κ1) is 24.3. The van der Waals surface area contributed by atoms with E-state index >= 15 is 0 Å². The molecule has 1 aliphatic carbocycles. The van der Waals surface area contributed by atoms with Crippen LogP contribution in [0.25, 0.3) is 0 Å². The van der Waals surface area contributed by atoms with Crippen molar-refractivity contribution >= 4 is 35.0 Å². The molecule has 0 spiro atoms. The van der Waals surface area contributed by atoms with Crippen molar-refractivity contribution in [3.8, 4) is 6.07 Å². The molecular weight excluding hydrogens is 481 g/mol. The topological polar surface area (TPSA) is 95.1 Å². The highest BCUT2D eigenvalue weighted by Crippen LogP contribution is 2.37. The number of amides is 1. The number of benzene rings is 2. The Bertz CT molecular complexity index is 1310. The maximum atomic E-state index is 13.4. The van der Waals surface area contributed by atoms with Crippen LogP contribution < -0.4 is 10.6 Å². The van der Waals surface area contributed by atoms with Gasteiger partial charge >= 0.3 is 6.18 Å². The van der Waals surface area contributed by atoms with E-state index < -0.39 is 17.8 Å². The van der Waals surface area contributed by atoms with Crippen LogP contribution in [0, 0.1) is 11.3 Å². The van der Waals surface area contributed by atoms with Crippen molar-refractivity contribution in [1.29, 1.82) is 5.26 Å². The van der Waals surface area contributed by atoms with E-state index in [4.69, 9.17) is 16.9 Å². The summed E-state index contributed by atoms with van der Waals surface area (Å²) in [6, 6.07) is 15.2. The lowest BCUT2D eigenvalue weighted by atomic mass is 10.1. The number of carbonyl (C=O) groups is 1. The van der Waals surface area contributed by atoms with Crippen molar-refractivity contribution in [3.05, 3.63) is 76.4 Å². The average molecular weight is 501 g/mol. The molecule has 0 aliphatic heterocycles. The Morgan fingerprint density at radius 3 is 2.57 bits per heavy atom. The second kappa shape index (κ2) is 10.2. The zero-order valence-electron chi connectivity index (χ0n) is 18.3. The maximum absolute atomic E-state index is 13.4. The number of rotatable bonds is 4.